The number of amides is 1. The van der Waals surface area contributed by atoms with Gasteiger partial charge in [-0.15, -0.1) is 0 Å². The Balaban J connectivity index is 1.44. The van der Waals surface area contributed by atoms with Gasteiger partial charge in [-0.25, -0.2) is 4.39 Å². The lowest BCUT2D eigenvalue weighted by Gasteiger charge is -2.15. The monoisotopic (exact) mass is 413 g/mol. The van der Waals surface area contributed by atoms with E-state index in [1.54, 1.807) is 25.1 Å². The normalized spacial score (nSPS) is 11.7. The van der Waals surface area contributed by atoms with Crippen molar-refractivity contribution in [3.05, 3.63) is 60.2 Å². The summed E-state index contributed by atoms with van der Waals surface area (Å²) in [4.78, 5) is 16.5. The molecule has 1 N–H and O–H groups in total. The van der Waals surface area contributed by atoms with Gasteiger partial charge in [-0.05, 0) is 50.2 Å². The number of carbonyl (C=O) groups is 1. The lowest BCUT2D eigenvalue weighted by Crippen LogP contribution is -2.37. The van der Waals surface area contributed by atoms with Crippen molar-refractivity contribution >= 4 is 5.91 Å². The van der Waals surface area contributed by atoms with Crippen molar-refractivity contribution in [2.24, 2.45) is 0 Å². The number of rotatable bonds is 10. The summed E-state index contributed by atoms with van der Waals surface area (Å²) in [5.74, 6) is 1.15. The molecular weight excluding hydrogens is 389 g/mol. The fourth-order valence-corrected chi connectivity index (χ4v) is 2.73. The number of hydrogen-bond donors (Lipinski definition) is 1. The molecule has 1 atom stereocenters. The van der Waals surface area contributed by atoms with Crippen molar-refractivity contribution in [2.45, 2.75) is 32.7 Å². The van der Waals surface area contributed by atoms with Crippen LogP contribution >= 0.6 is 0 Å². The van der Waals surface area contributed by atoms with E-state index in [1.165, 1.54) is 6.07 Å². The fraction of sp³-hybridized carbons (Fsp3) is 0.318. The molecule has 0 saturated heterocycles. The number of nitrogens with zero attached hydrogens (tertiary/aromatic N) is 2. The van der Waals surface area contributed by atoms with Crippen LogP contribution in [0.5, 0.6) is 11.5 Å². The SMILES string of the molecule is CCOc1ccc(-c2noc(CCC(=O)NC(C)COc3ccccc3F)n2)cc1. The number of nitrogens with one attached hydrogen (secondary N) is 1. The molecule has 0 saturated carbocycles. The van der Waals surface area contributed by atoms with Gasteiger partial charge < -0.3 is 19.3 Å². The molecule has 0 spiro atoms. The van der Waals surface area contributed by atoms with E-state index in [-0.39, 0.29) is 30.7 Å². The molecule has 0 radical (unpaired) electrons. The van der Waals surface area contributed by atoms with Crippen LogP contribution < -0.4 is 14.8 Å². The van der Waals surface area contributed by atoms with E-state index in [1.807, 2.05) is 31.2 Å². The largest absolute Gasteiger partial charge is 0.494 e. The third-order valence-electron chi connectivity index (χ3n) is 4.19. The third kappa shape index (κ3) is 6.04. The third-order valence-corrected chi connectivity index (χ3v) is 4.19. The van der Waals surface area contributed by atoms with Gasteiger partial charge in [0.05, 0.1) is 12.6 Å². The standard InChI is InChI=1S/C22H24FN3O4/c1-3-28-17-10-8-16(9-11-17)22-25-21(30-26-22)13-12-20(27)24-15(2)14-29-19-7-5-4-6-18(19)23/h4-11,15H,3,12-14H2,1-2H3,(H,24,27). The van der Waals surface area contributed by atoms with Crippen LogP contribution in [0.3, 0.4) is 0 Å². The first-order chi connectivity index (χ1) is 14.5. The zero-order valence-corrected chi connectivity index (χ0v) is 16.9. The Morgan fingerprint density at radius 2 is 1.93 bits per heavy atom. The quantitative estimate of drug-likeness (QED) is 0.544. The Hall–Kier alpha value is -3.42. The lowest BCUT2D eigenvalue weighted by molar-refractivity contribution is -0.121. The zero-order chi connectivity index (χ0) is 21.3. The second kappa shape index (κ2) is 10.4. The summed E-state index contributed by atoms with van der Waals surface area (Å²) in [7, 11) is 0. The van der Waals surface area contributed by atoms with E-state index >= 15 is 0 Å². The maximum absolute atomic E-state index is 13.5. The van der Waals surface area contributed by atoms with Crippen LogP contribution in [-0.4, -0.2) is 35.3 Å². The lowest BCUT2D eigenvalue weighted by atomic mass is 10.2. The van der Waals surface area contributed by atoms with Crippen LogP contribution in [0.1, 0.15) is 26.2 Å². The minimum absolute atomic E-state index is 0.159. The van der Waals surface area contributed by atoms with Gasteiger partial charge in [0.15, 0.2) is 11.6 Å². The number of halogens is 1. The van der Waals surface area contributed by atoms with Gasteiger partial charge in [-0.3, -0.25) is 4.79 Å². The van der Waals surface area contributed by atoms with Crippen LogP contribution in [0.25, 0.3) is 11.4 Å². The molecule has 1 heterocycles. The Kier molecular flexibility index (Phi) is 7.37. The van der Waals surface area contributed by atoms with E-state index in [0.717, 1.165) is 11.3 Å². The topological polar surface area (TPSA) is 86.5 Å². The van der Waals surface area contributed by atoms with Crippen LogP contribution in [0.2, 0.25) is 0 Å². The Morgan fingerprint density at radius 3 is 2.67 bits per heavy atom. The van der Waals surface area contributed by atoms with Gasteiger partial charge >= 0.3 is 0 Å². The van der Waals surface area contributed by atoms with Crippen molar-refractivity contribution in [3.63, 3.8) is 0 Å². The molecule has 1 unspecified atom stereocenters. The maximum Gasteiger partial charge on any atom is 0.227 e. The number of aromatic nitrogens is 2. The van der Waals surface area contributed by atoms with Gasteiger partial charge in [-0.2, -0.15) is 4.98 Å². The molecule has 1 aromatic heterocycles. The Morgan fingerprint density at radius 1 is 1.17 bits per heavy atom. The van der Waals surface area contributed by atoms with Gasteiger partial charge in [-0.1, -0.05) is 17.3 Å². The van der Waals surface area contributed by atoms with Crippen LogP contribution in [0.4, 0.5) is 4.39 Å². The highest BCUT2D eigenvalue weighted by atomic mass is 19.1. The summed E-state index contributed by atoms with van der Waals surface area (Å²) >= 11 is 0. The number of aryl methyl sites for hydroxylation is 1. The highest BCUT2D eigenvalue weighted by molar-refractivity contribution is 5.76. The van der Waals surface area contributed by atoms with E-state index in [4.69, 9.17) is 14.0 Å². The molecule has 158 valence electrons. The van der Waals surface area contributed by atoms with Gasteiger partial charge in [0.2, 0.25) is 17.6 Å². The van der Waals surface area contributed by atoms with Crippen LogP contribution in [0.15, 0.2) is 53.1 Å². The van der Waals surface area contributed by atoms with Gasteiger partial charge in [0.1, 0.15) is 12.4 Å². The summed E-state index contributed by atoms with van der Waals surface area (Å²) in [6.45, 7) is 4.47. The molecular formula is C22H24FN3O4. The molecule has 0 aliphatic rings. The fourth-order valence-electron chi connectivity index (χ4n) is 2.73. The molecule has 2 aromatic carbocycles. The van der Waals surface area contributed by atoms with Crippen LogP contribution in [0, 0.1) is 5.82 Å². The van der Waals surface area contributed by atoms with Crippen LogP contribution in [-0.2, 0) is 11.2 Å². The van der Waals surface area contributed by atoms with Gasteiger partial charge in [0.25, 0.3) is 0 Å². The molecule has 3 aromatic rings. The predicted octanol–water partition coefficient (Wildman–Crippen LogP) is 3.79. The minimum atomic E-state index is -0.434. The summed E-state index contributed by atoms with van der Waals surface area (Å²) < 4.78 is 29.6. The number of ether oxygens (including phenoxy) is 2. The number of carbonyl (C=O) groups excluding carboxylic acids is 1. The minimum Gasteiger partial charge on any atom is -0.494 e. The van der Waals surface area contributed by atoms with Crippen molar-refractivity contribution in [2.75, 3.05) is 13.2 Å². The van der Waals surface area contributed by atoms with E-state index < -0.39 is 5.82 Å². The predicted molar refractivity (Wildman–Crippen MR) is 109 cm³/mol. The molecule has 30 heavy (non-hydrogen) atoms. The van der Waals surface area contributed by atoms with Crippen molar-refractivity contribution in [1.29, 1.82) is 0 Å². The van der Waals surface area contributed by atoms with E-state index in [0.29, 0.717) is 24.7 Å². The van der Waals surface area contributed by atoms with Gasteiger partial charge in [0, 0.05) is 18.4 Å². The Labute approximate surface area is 174 Å². The molecule has 0 aliphatic carbocycles. The maximum atomic E-state index is 13.5. The van der Waals surface area contributed by atoms with Crippen molar-refractivity contribution < 1.29 is 23.2 Å². The summed E-state index contributed by atoms with van der Waals surface area (Å²) in [6.07, 6.45) is 0.506. The zero-order valence-electron chi connectivity index (χ0n) is 16.9. The second-order valence-electron chi connectivity index (χ2n) is 6.68. The second-order valence-corrected chi connectivity index (χ2v) is 6.68. The summed E-state index contributed by atoms with van der Waals surface area (Å²) in [6, 6.07) is 13.2. The van der Waals surface area contributed by atoms with Crippen molar-refractivity contribution in [1.82, 2.24) is 15.5 Å². The molecule has 1 amide bonds. The average molecular weight is 413 g/mol. The van der Waals surface area contributed by atoms with E-state index in [9.17, 15) is 9.18 Å². The first-order valence-corrected chi connectivity index (χ1v) is 9.77. The summed E-state index contributed by atoms with van der Waals surface area (Å²) in [5, 5.41) is 6.76. The molecule has 0 aliphatic heterocycles. The first-order valence-electron chi connectivity index (χ1n) is 9.77. The van der Waals surface area contributed by atoms with E-state index in [2.05, 4.69) is 15.5 Å². The molecule has 7 nitrogen and oxygen atoms in total. The molecule has 3 rings (SSSR count). The first kappa shape index (κ1) is 21.3. The number of hydrogen-bond acceptors (Lipinski definition) is 6. The molecule has 0 fully saturated rings. The number of para-hydroxylation sites is 1. The summed E-state index contributed by atoms with van der Waals surface area (Å²) in [5.41, 5.74) is 0.803. The number of benzene rings is 2. The Bertz CT molecular complexity index is 959. The highest BCUT2D eigenvalue weighted by Crippen LogP contribution is 2.20. The van der Waals surface area contributed by atoms with Crippen molar-refractivity contribution in [3.8, 4) is 22.9 Å². The molecule has 0 bridgehead atoms. The smallest absolute Gasteiger partial charge is 0.227 e. The molecule has 8 heteroatoms. The average Bonchev–Trinajstić information content (AvgIpc) is 3.22. The highest BCUT2D eigenvalue weighted by Gasteiger charge is 2.13.